The minimum atomic E-state index is 0.0439. The fourth-order valence-corrected chi connectivity index (χ4v) is 4.18. The van der Waals surface area contributed by atoms with Crippen molar-refractivity contribution in [3.63, 3.8) is 0 Å². The smallest absolute Gasteiger partial charge is 0.229 e. The first-order valence-electron chi connectivity index (χ1n) is 11.8. The molecule has 1 aromatic heterocycles. The van der Waals surface area contributed by atoms with Gasteiger partial charge in [-0.05, 0) is 43.0 Å². The van der Waals surface area contributed by atoms with E-state index in [1.54, 1.807) is 0 Å². The number of hydrogen-bond donors (Lipinski definition) is 2. The van der Waals surface area contributed by atoms with Gasteiger partial charge in [-0.15, -0.1) is 0 Å². The van der Waals surface area contributed by atoms with E-state index in [1.165, 1.54) is 0 Å². The molecule has 3 aromatic rings. The van der Waals surface area contributed by atoms with Gasteiger partial charge in [0.15, 0.2) is 0 Å². The predicted molar refractivity (Wildman–Crippen MR) is 134 cm³/mol. The minimum Gasteiger partial charge on any atom is -0.354 e. The lowest BCUT2D eigenvalue weighted by Gasteiger charge is -2.20. The molecule has 1 atom stereocenters. The molecule has 1 aliphatic rings. The highest BCUT2D eigenvalue weighted by molar-refractivity contribution is 5.79. The lowest BCUT2D eigenvalue weighted by Crippen LogP contribution is -2.38. The molecule has 7 heteroatoms. The Bertz CT molecular complexity index is 1190. The van der Waals surface area contributed by atoms with E-state index < -0.39 is 0 Å². The second kappa shape index (κ2) is 10.8. The summed E-state index contributed by atoms with van der Waals surface area (Å²) in [5, 5.41) is 15.8. The van der Waals surface area contributed by atoms with Gasteiger partial charge in [-0.3, -0.25) is 4.79 Å². The van der Waals surface area contributed by atoms with Gasteiger partial charge in [0.2, 0.25) is 11.9 Å². The van der Waals surface area contributed by atoms with Crippen LogP contribution in [-0.4, -0.2) is 35.0 Å². The molecule has 7 nitrogen and oxygen atoms in total. The molecule has 0 radical (unpaired) electrons. The van der Waals surface area contributed by atoms with Crippen LogP contribution in [0.5, 0.6) is 0 Å². The van der Waals surface area contributed by atoms with Crippen LogP contribution in [0.25, 0.3) is 0 Å². The maximum absolute atomic E-state index is 12.5. The number of anilines is 3. The summed E-state index contributed by atoms with van der Waals surface area (Å²) in [6.07, 6.45) is 3.10. The largest absolute Gasteiger partial charge is 0.354 e. The van der Waals surface area contributed by atoms with Crippen molar-refractivity contribution < 1.29 is 4.79 Å². The molecule has 174 valence electrons. The molecule has 1 fully saturated rings. The topological polar surface area (TPSA) is 93.9 Å². The van der Waals surface area contributed by atoms with Crippen LogP contribution in [0.3, 0.4) is 0 Å². The molecule has 1 amide bonds. The number of benzene rings is 2. The van der Waals surface area contributed by atoms with Gasteiger partial charge in [-0.25, -0.2) is 4.98 Å². The number of nitrogens with zero attached hydrogens (tertiary/aromatic N) is 4. The summed E-state index contributed by atoms with van der Waals surface area (Å²) < 4.78 is 0. The zero-order chi connectivity index (χ0) is 23.9. The van der Waals surface area contributed by atoms with Gasteiger partial charge in [0, 0.05) is 36.6 Å². The molecule has 1 aliphatic heterocycles. The van der Waals surface area contributed by atoms with Crippen molar-refractivity contribution in [2.75, 3.05) is 23.3 Å². The third kappa shape index (κ3) is 5.90. The van der Waals surface area contributed by atoms with Gasteiger partial charge in [0.25, 0.3) is 0 Å². The Morgan fingerprint density at radius 1 is 1.18 bits per heavy atom. The van der Waals surface area contributed by atoms with Crippen molar-refractivity contribution in [1.29, 1.82) is 5.26 Å². The predicted octanol–water partition coefficient (Wildman–Crippen LogP) is 4.29. The Morgan fingerprint density at radius 3 is 2.76 bits per heavy atom. The Balaban J connectivity index is 1.45. The Labute approximate surface area is 200 Å². The van der Waals surface area contributed by atoms with Crippen LogP contribution < -0.4 is 15.5 Å². The van der Waals surface area contributed by atoms with Crippen LogP contribution in [0, 0.1) is 18.3 Å². The number of nitrogens with one attached hydrogen (secondary N) is 2. The molecule has 4 rings (SSSR count). The molecular formula is C27H30N6O. The van der Waals surface area contributed by atoms with Gasteiger partial charge < -0.3 is 15.5 Å². The van der Waals surface area contributed by atoms with Gasteiger partial charge in [-0.1, -0.05) is 49.7 Å². The molecule has 2 aromatic carbocycles. The average Bonchev–Trinajstić information content (AvgIpc) is 3.29. The van der Waals surface area contributed by atoms with Crippen LogP contribution in [0.15, 0.2) is 54.6 Å². The van der Waals surface area contributed by atoms with Crippen LogP contribution in [0.1, 0.15) is 42.1 Å². The van der Waals surface area contributed by atoms with Crippen molar-refractivity contribution in [3.8, 4) is 6.07 Å². The van der Waals surface area contributed by atoms with E-state index >= 15 is 0 Å². The second-order valence-electron chi connectivity index (χ2n) is 8.72. The quantitative estimate of drug-likeness (QED) is 0.527. The Hall–Kier alpha value is -3.92. The van der Waals surface area contributed by atoms with E-state index in [0.717, 1.165) is 54.1 Å². The zero-order valence-electron chi connectivity index (χ0n) is 19.7. The lowest BCUT2D eigenvalue weighted by molar-refractivity contribution is -0.121. The van der Waals surface area contributed by atoms with E-state index in [9.17, 15) is 10.1 Å². The van der Waals surface area contributed by atoms with Gasteiger partial charge in [-0.2, -0.15) is 10.2 Å². The number of carbonyl (C=O) groups is 1. The number of amides is 1. The molecule has 0 saturated carbocycles. The van der Waals surface area contributed by atoms with Gasteiger partial charge >= 0.3 is 0 Å². The van der Waals surface area contributed by atoms with Crippen molar-refractivity contribution in [3.05, 3.63) is 77.0 Å². The fraction of sp³-hybridized carbons (Fsp3) is 0.333. The van der Waals surface area contributed by atoms with Crippen LogP contribution in [-0.2, 0) is 17.6 Å². The zero-order valence-corrected chi connectivity index (χ0v) is 19.7. The molecule has 2 heterocycles. The van der Waals surface area contributed by atoms with E-state index in [2.05, 4.69) is 33.5 Å². The summed E-state index contributed by atoms with van der Waals surface area (Å²) in [6.45, 7) is 5.58. The summed E-state index contributed by atoms with van der Waals surface area (Å²) in [7, 11) is 0. The van der Waals surface area contributed by atoms with Crippen molar-refractivity contribution in [1.82, 2.24) is 15.3 Å². The van der Waals surface area contributed by atoms with Crippen LogP contribution >= 0.6 is 0 Å². The highest BCUT2D eigenvalue weighted by atomic mass is 16.1. The molecule has 0 unspecified atom stereocenters. The normalized spacial score (nSPS) is 15.1. The van der Waals surface area contributed by atoms with Gasteiger partial charge in [0.1, 0.15) is 5.82 Å². The van der Waals surface area contributed by atoms with E-state index in [0.29, 0.717) is 24.5 Å². The number of nitriles is 1. The summed E-state index contributed by atoms with van der Waals surface area (Å²) in [5.41, 5.74) is 4.34. The van der Waals surface area contributed by atoms with E-state index in [-0.39, 0.29) is 11.9 Å². The van der Waals surface area contributed by atoms with Crippen LogP contribution in [0.4, 0.5) is 17.5 Å². The summed E-state index contributed by atoms with van der Waals surface area (Å²) in [4.78, 5) is 24.1. The first kappa shape index (κ1) is 23.2. The standard InChI is InChI=1S/C27H30N6O/c1-3-7-22-16-25(32-27(30-22)31-23-11-10-19(2)21(15-23)17-28)33-13-12-24(18-33)29-26(34)14-20-8-5-4-6-9-20/h4-6,8-11,15-16,24H,3,7,12-14,18H2,1-2H3,(H,29,34)(H,30,31,32)/t24-/m0/s1. The van der Waals surface area contributed by atoms with Crippen molar-refractivity contribution in [2.45, 2.75) is 45.6 Å². The lowest BCUT2D eigenvalue weighted by atomic mass is 10.1. The summed E-state index contributed by atoms with van der Waals surface area (Å²) >= 11 is 0. The second-order valence-corrected chi connectivity index (χ2v) is 8.72. The number of aryl methyl sites for hydroxylation is 2. The van der Waals surface area contributed by atoms with E-state index in [1.807, 2.05) is 61.5 Å². The Morgan fingerprint density at radius 2 is 2.00 bits per heavy atom. The van der Waals surface area contributed by atoms with Crippen molar-refractivity contribution in [2.24, 2.45) is 0 Å². The average molecular weight is 455 g/mol. The fourth-order valence-electron chi connectivity index (χ4n) is 4.18. The molecule has 0 spiro atoms. The molecule has 34 heavy (non-hydrogen) atoms. The molecule has 2 N–H and O–H groups in total. The number of carbonyl (C=O) groups excluding carboxylic acids is 1. The molecular weight excluding hydrogens is 424 g/mol. The number of hydrogen-bond acceptors (Lipinski definition) is 6. The maximum Gasteiger partial charge on any atom is 0.229 e. The molecule has 0 bridgehead atoms. The van der Waals surface area contributed by atoms with Crippen LogP contribution in [0.2, 0.25) is 0 Å². The number of aromatic nitrogens is 2. The first-order chi connectivity index (χ1) is 16.5. The summed E-state index contributed by atoms with van der Waals surface area (Å²) in [5.74, 6) is 1.42. The first-order valence-corrected chi connectivity index (χ1v) is 11.8. The van der Waals surface area contributed by atoms with Crippen molar-refractivity contribution >= 4 is 23.4 Å². The van der Waals surface area contributed by atoms with E-state index in [4.69, 9.17) is 4.98 Å². The highest BCUT2D eigenvalue weighted by Crippen LogP contribution is 2.24. The maximum atomic E-state index is 12.5. The monoisotopic (exact) mass is 454 g/mol. The third-order valence-electron chi connectivity index (χ3n) is 5.97. The highest BCUT2D eigenvalue weighted by Gasteiger charge is 2.25. The third-order valence-corrected chi connectivity index (χ3v) is 5.97. The molecule has 0 aliphatic carbocycles. The minimum absolute atomic E-state index is 0.0439. The Kier molecular flexibility index (Phi) is 7.38. The summed E-state index contributed by atoms with van der Waals surface area (Å²) in [6, 6.07) is 19.8. The van der Waals surface area contributed by atoms with Gasteiger partial charge in [0.05, 0.1) is 18.1 Å². The SMILES string of the molecule is CCCc1cc(N2CC[C@H](NC(=O)Cc3ccccc3)C2)nc(Nc2ccc(C)c(C#N)c2)n1. The number of rotatable bonds is 8. The molecule has 1 saturated heterocycles.